The first-order valence-corrected chi connectivity index (χ1v) is 4.05. The lowest BCUT2D eigenvalue weighted by atomic mass is 10.3. The third-order valence-electron chi connectivity index (χ3n) is 2.12. The lowest BCUT2D eigenvalue weighted by Crippen LogP contribution is -2.45. The SMILES string of the molecule is CN1CCN(CCON)CC1.Cl. The van der Waals surface area contributed by atoms with Gasteiger partial charge in [-0.05, 0) is 7.05 Å². The second-order valence-electron chi connectivity index (χ2n) is 3.02. The Kier molecular flexibility index (Phi) is 6.70. The van der Waals surface area contributed by atoms with E-state index < -0.39 is 0 Å². The predicted molar refractivity (Wildman–Crippen MR) is 51.3 cm³/mol. The van der Waals surface area contributed by atoms with Crippen molar-refractivity contribution in [3.05, 3.63) is 0 Å². The van der Waals surface area contributed by atoms with Crippen LogP contribution in [0.2, 0.25) is 0 Å². The summed E-state index contributed by atoms with van der Waals surface area (Å²) in [7, 11) is 2.15. The second-order valence-corrected chi connectivity index (χ2v) is 3.02. The molecule has 1 aliphatic heterocycles. The van der Waals surface area contributed by atoms with Crippen LogP contribution in [-0.4, -0.2) is 56.2 Å². The van der Waals surface area contributed by atoms with E-state index in [1.165, 1.54) is 0 Å². The van der Waals surface area contributed by atoms with Gasteiger partial charge in [-0.25, -0.2) is 5.90 Å². The summed E-state index contributed by atoms with van der Waals surface area (Å²) in [6.07, 6.45) is 0. The molecule has 1 rings (SSSR count). The molecule has 0 bridgehead atoms. The smallest absolute Gasteiger partial charge is 0.0806 e. The molecule has 1 heterocycles. The Morgan fingerprint density at radius 2 is 1.83 bits per heavy atom. The van der Waals surface area contributed by atoms with Crippen LogP contribution in [0.4, 0.5) is 0 Å². The van der Waals surface area contributed by atoms with E-state index in [4.69, 9.17) is 5.90 Å². The molecular formula is C7H18ClN3O. The van der Waals surface area contributed by atoms with Gasteiger partial charge in [-0.15, -0.1) is 12.4 Å². The normalized spacial score (nSPS) is 20.5. The maximum absolute atomic E-state index is 4.94. The number of likely N-dealkylation sites (N-methyl/N-ethyl adjacent to an activating group) is 1. The van der Waals surface area contributed by atoms with E-state index in [0.717, 1.165) is 32.7 Å². The highest BCUT2D eigenvalue weighted by atomic mass is 35.5. The summed E-state index contributed by atoms with van der Waals surface area (Å²) in [5.41, 5.74) is 0. The van der Waals surface area contributed by atoms with Gasteiger partial charge in [0, 0.05) is 32.7 Å². The Balaban J connectivity index is 0.00000121. The standard InChI is InChI=1S/C7H17N3O.ClH/c1-9-2-4-10(5-3-9)6-7-11-8;/h2-8H2,1H3;1H. The number of rotatable bonds is 3. The number of nitrogens with two attached hydrogens (primary N) is 1. The van der Waals surface area contributed by atoms with Gasteiger partial charge in [0.05, 0.1) is 6.61 Å². The van der Waals surface area contributed by atoms with E-state index in [9.17, 15) is 0 Å². The van der Waals surface area contributed by atoms with Gasteiger partial charge in [-0.1, -0.05) is 0 Å². The fourth-order valence-corrected chi connectivity index (χ4v) is 1.25. The Labute approximate surface area is 80.0 Å². The van der Waals surface area contributed by atoms with Gasteiger partial charge in [0.2, 0.25) is 0 Å². The van der Waals surface area contributed by atoms with Gasteiger partial charge in [0.25, 0.3) is 0 Å². The zero-order valence-electron chi connectivity index (χ0n) is 7.53. The van der Waals surface area contributed by atoms with Crippen LogP contribution in [0.15, 0.2) is 0 Å². The molecule has 0 radical (unpaired) electrons. The molecule has 1 fully saturated rings. The Bertz CT molecular complexity index is 104. The zero-order valence-corrected chi connectivity index (χ0v) is 8.35. The highest BCUT2D eigenvalue weighted by Gasteiger charge is 2.12. The van der Waals surface area contributed by atoms with Crippen molar-refractivity contribution in [1.29, 1.82) is 0 Å². The topological polar surface area (TPSA) is 41.7 Å². The molecule has 0 aliphatic carbocycles. The summed E-state index contributed by atoms with van der Waals surface area (Å²) in [4.78, 5) is 9.22. The maximum atomic E-state index is 4.94. The van der Waals surface area contributed by atoms with E-state index in [1.54, 1.807) is 0 Å². The highest BCUT2D eigenvalue weighted by molar-refractivity contribution is 5.85. The summed E-state index contributed by atoms with van der Waals surface area (Å²) in [6.45, 7) is 6.20. The molecule has 74 valence electrons. The molecule has 1 aliphatic rings. The van der Waals surface area contributed by atoms with Crippen molar-refractivity contribution in [3.63, 3.8) is 0 Å². The van der Waals surface area contributed by atoms with Crippen molar-refractivity contribution in [2.75, 3.05) is 46.4 Å². The molecular weight excluding hydrogens is 178 g/mol. The van der Waals surface area contributed by atoms with Crippen LogP contribution in [0.5, 0.6) is 0 Å². The molecule has 5 heteroatoms. The Hall–Kier alpha value is 0.130. The molecule has 2 N–H and O–H groups in total. The van der Waals surface area contributed by atoms with Gasteiger partial charge in [0.1, 0.15) is 0 Å². The summed E-state index contributed by atoms with van der Waals surface area (Å²) >= 11 is 0. The van der Waals surface area contributed by atoms with E-state index >= 15 is 0 Å². The molecule has 4 nitrogen and oxygen atoms in total. The predicted octanol–water partition coefficient (Wildman–Crippen LogP) is -0.454. The minimum absolute atomic E-state index is 0. The lowest BCUT2D eigenvalue weighted by Gasteiger charge is -2.31. The first-order valence-electron chi connectivity index (χ1n) is 4.05. The largest absolute Gasteiger partial charge is 0.304 e. The molecule has 1 saturated heterocycles. The number of piperazine rings is 1. The van der Waals surface area contributed by atoms with Crippen molar-refractivity contribution in [1.82, 2.24) is 9.80 Å². The van der Waals surface area contributed by atoms with Crippen molar-refractivity contribution in [3.8, 4) is 0 Å². The molecule has 0 atom stereocenters. The molecule has 0 spiro atoms. The van der Waals surface area contributed by atoms with Crippen LogP contribution >= 0.6 is 12.4 Å². The van der Waals surface area contributed by atoms with Gasteiger partial charge in [-0.2, -0.15) is 0 Å². The minimum Gasteiger partial charge on any atom is -0.304 e. The summed E-state index contributed by atoms with van der Waals surface area (Å²) in [5.74, 6) is 4.94. The fourth-order valence-electron chi connectivity index (χ4n) is 1.25. The van der Waals surface area contributed by atoms with E-state index in [1.807, 2.05) is 0 Å². The highest BCUT2D eigenvalue weighted by Crippen LogP contribution is 1.97. The third kappa shape index (κ3) is 4.23. The van der Waals surface area contributed by atoms with Gasteiger partial charge < -0.3 is 9.74 Å². The molecule has 0 unspecified atom stereocenters. The van der Waals surface area contributed by atoms with Gasteiger partial charge >= 0.3 is 0 Å². The molecule has 0 aromatic heterocycles. The quantitative estimate of drug-likeness (QED) is 0.620. The van der Waals surface area contributed by atoms with Crippen molar-refractivity contribution in [2.24, 2.45) is 5.90 Å². The number of hydrogen-bond acceptors (Lipinski definition) is 4. The molecule has 0 aromatic carbocycles. The van der Waals surface area contributed by atoms with Crippen LogP contribution < -0.4 is 5.90 Å². The maximum Gasteiger partial charge on any atom is 0.0806 e. The average molecular weight is 196 g/mol. The van der Waals surface area contributed by atoms with Crippen molar-refractivity contribution < 1.29 is 4.84 Å². The molecule has 0 aromatic rings. The fraction of sp³-hybridized carbons (Fsp3) is 1.00. The van der Waals surface area contributed by atoms with Crippen LogP contribution in [-0.2, 0) is 4.84 Å². The van der Waals surface area contributed by atoms with Crippen molar-refractivity contribution in [2.45, 2.75) is 0 Å². The van der Waals surface area contributed by atoms with Crippen molar-refractivity contribution >= 4 is 12.4 Å². The van der Waals surface area contributed by atoms with Crippen LogP contribution in [0, 0.1) is 0 Å². The number of halogens is 1. The zero-order chi connectivity index (χ0) is 8.10. The third-order valence-corrected chi connectivity index (χ3v) is 2.12. The number of nitrogens with zero attached hydrogens (tertiary/aromatic N) is 2. The lowest BCUT2D eigenvalue weighted by molar-refractivity contribution is 0.0827. The second kappa shape index (κ2) is 6.62. The average Bonchev–Trinajstić information content (AvgIpc) is 2.04. The summed E-state index contributed by atoms with van der Waals surface area (Å²) in [6, 6.07) is 0. The van der Waals surface area contributed by atoms with Gasteiger partial charge in [0.15, 0.2) is 0 Å². The van der Waals surface area contributed by atoms with Gasteiger partial charge in [-0.3, -0.25) is 4.90 Å². The van der Waals surface area contributed by atoms with E-state index in [-0.39, 0.29) is 12.4 Å². The number of hydrogen-bond donors (Lipinski definition) is 1. The monoisotopic (exact) mass is 195 g/mol. The Morgan fingerprint density at radius 3 is 2.33 bits per heavy atom. The molecule has 0 amide bonds. The van der Waals surface area contributed by atoms with Crippen LogP contribution in [0.1, 0.15) is 0 Å². The van der Waals surface area contributed by atoms with E-state index in [2.05, 4.69) is 21.7 Å². The molecule has 12 heavy (non-hydrogen) atoms. The van der Waals surface area contributed by atoms with Crippen LogP contribution in [0.25, 0.3) is 0 Å². The summed E-state index contributed by atoms with van der Waals surface area (Å²) in [5, 5.41) is 0. The summed E-state index contributed by atoms with van der Waals surface area (Å²) < 4.78 is 0. The molecule has 0 saturated carbocycles. The van der Waals surface area contributed by atoms with E-state index in [0.29, 0.717) is 6.61 Å². The Morgan fingerprint density at radius 1 is 1.25 bits per heavy atom. The first-order chi connectivity index (χ1) is 5.33. The first kappa shape index (κ1) is 12.1. The minimum atomic E-state index is 0. The van der Waals surface area contributed by atoms with Crippen LogP contribution in [0.3, 0.4) is 0 Å².